The first-order valence-corrected chi connectivity index (χ1v) is 6.84. The van der Waals surface area contributed by atoms with Crippen LogP contribution >= 0.6 is 22.6 Å². The quantitative estimate of drug-likeness (QED) is 0.778. The van der Waals surface area contributed by atoms with Crippen LogP contribution in [0.5, 0.6) is 0 Å². The molecule has 1 aromatic rings. The Balaban J connectivity index is 2.69. The van der Waals surface area contributed by atoms with Crippen molar-refractivity contribution < 1.29 is 0 Å². The van der Waals surface area contributed by atoms with Gasteiger partial charge in [-0.1, -0.05) is 32.4 Å². The average Bonchev–Trinajstić information content (AvgIpc) is 2.24. The van der Waals surface area contributed by atoms with Gasteiger partial charge in [0.05, 0.1) is 0 Å². The molecule has 0 fully saturated rings. The third kappa shape index (κ3) is 4.51. The summed E-state index contributed by atoms with van der Waals surface area (Å²) in [5.41, 5.74) is 1.43. The van der Waals surface area contributed by atoms with Crippen molar-refractivity contribution in [3.05, 3.63) is 33.4 Å². The van der Waals surface area contributed by atoms with E-state index in [4.69, 9.17) is 0 Å². The van der Waals surface area contributed by atoms with Gasteiger partial charge in [-0.25, -0.2) is 0 Å². The van der Waals surface area contributed by atoms with Crippen molar-refractivity contribution in [2.24, 2.45) is 0 Å². The molecule has 15 heavy (non-hydrogen) atoms. The van der Waals surface area contributed by atoms with Gasteiger partial charge in [-0.2, -0.15) is 0 Å². The van der Waals surface area contributed by atoms with Crippen LogP contribution in [-0.4, -0.2) is 6.54 Å². The van der Waals surface area contributed by atoms with E-state index in [1.165, 1.54) is 28.4 Å². The zero-order valence-corrected chi connectivity index (χ0v) is 11.8. The Morgan fingerprint density at radius 3 is 2.67 bits per heavy atom. The molecule has 0 aliphatic rings. The van der Waals surface area contributed by atoms with Crippen LogP contribution in [0.4, 0.5) is 0 Å². The molecule has 0 heterocycles. The van der Waals surface area contributed by atoms with Gasteiger partial charge >= 0.3 is 0 Å². The van der Waals surface area contributed by atoms with Crippen molar-refractivity contribution in [1.82, 2.24) is 5.32 Å². The number of nitrogens with one attached hydrogen (secondary N) is 1. The fourth-order valence-electron chi connectivity index (χ4n) is 1.72. The van der Waals surface area contributed by atoms with E-state index in [-0.39, 0.29) is 0 Å². The first-order valence-electron chi connectivity index (χ1n) is 5.76. The van der Waals surface area contributed by atoms with Gasteiger partial charge in [0, 0.05) is 9.61 Å². The van der Waals surface area contributed by atoms with Crippen LogP contribution < -0.4 is 5.32 Å². The summed E-state index contributed by atoms with van der Waals surface area (Å²) in [7, 11) is 0. The predicted octanol–water partition coefficient (Wildman–Crippen LogP) is 4.13. The fraction of sp³-hybridized carbons (Fsp3) is 0.538. The van der Waals surface area contributed by atoms with Crippen molar-refractivity contribution in [3.8, 4) is 0 Å². The van der Waals surface area contributed by atoms with Crippen molar-refractivity contribution in [3.63, 3.8) is 0 Å². The molecule has 1 nitrogen and oxygen atoms in total. The zero-order chi connectivity index (χ0) is 11.1. The lowest BCUT2D eigenvalue weighted by molar-refractivity contribution is 0.494. The Hall–Kier alpha value is -0.0900. The molecule has 0 spiro atoms. The second-order valence-electron chi connectivity index (χ2n) is 3.85. The van der Waals surface area contributed by atoms with E-state index < -0.39 is 0 Å². The highest BCUT2D eigenvalue weighted by Crippen LogP contribution is 2.20. The van der Waals surface area contributed by atoms with Crippen molar-refractivity contribution in [2.75, 3.05) is 6.54 Å². The Bertz CT molecular complexity index is 286. The topological polar surface area (TPSA) is 12.0 Å². The minimum Gasteiger partial charge on any atom is -0.310 e. The summed E-state index contributed by atoms with van der Waals surface area (Å²) in [5.74, 6) is 0. The SMILES string of the molecule is CCCNC(CCC)c1cccc(I)c1. The molecule has 1 atom stereocenters. The summed E-state index contributed by atoms with van der Waals surface area (Å²) in [5, 5.41) is 3.61. The van der Waals surface area contributed by atoms with Crippen LogP contribution in [0.1, 0.15) is 44.7 Å². The first-order chi connectivity index (χ1) is 7.27. The third-order valence-corrected chi connectivity index (χ3v) is 3.14. The molecule has 0 saturated heterocycles. The summed E-state index contributed by atoms with van der Waals surface area (Å²) in [6.07, 6.45) is 3.65. The lowest BCUT2D eigenvalue weighted by atomic mass is 10.0. The van der Waals surface area contributed by atoms with Gasteiger partial charge in [-0.3, -0.25) is 0 Å². The molecule has 0 radical (unpaired) electrons. The largest absolute Gasteiger partial charge is 0.310 e. The second kappa shape index (κ2) is 7.23. The summed E-state index contributed by atoms with van der Waals surface area (Å²) >= 11 is 2.38. The van der Waals surface area contributed by atoms with Crippen LogP contribution in [0, 0.1) is 3.57 Å². The molecule has 0 aromatic heterocycles. The lowest BCUT2D eigenvalue weighted by Gasteiger charge is -2.18. The predicted molar refractivity (Wildman–Crippen MR) is 75.1 cm³/mol. The number of rotatable bonds is 6. The summed E-state index contributed by atoms with van der Waals surface area (Å²) in [4.78, 5) is 0. The molecule has 1 unspecified atom stereocenters. The highest BCUT2D eigenvalue weighted by Gasteiger charge is 2.08. The molecule has 0 aliphatic carbocycles. The molecule has 84 valence electrons. The van der Waals surface area contributed by atoms with Gasteiger partial charge in [-0.15, -0.1) is 0 Å². The zero-order valence-electron chi connectivity index (χ0n) is 9.59. The lowest BCUT2D eigenvalue weighted by Crippen LogP contribution is -2.22. The van der Waals surface area contributed by atoms with Crippen LogP contribution in [0.25, 0.3) is 0 Å². The second-order valence-corrected chi connectivity index (χ2v) is 5.10. The third-order valence-electron chi connectivity index (χ3n) is 2.47. The number of halogens is 1. The van der Waals surface area contributed by atoms with Gasteiger partial charge in [0.1, 0.15) is 0 Å². The smallest absolute Gasteiger partial charge is 0.0320 e. The number of hydrogen-bond donors (Lipinski definition) is 1. The van der Waals surface area contributed by atoms with Gasteiger partial charge in [0.25, 0.3) is 0 Å². The van der Waals surface area contributed by atoms with Gasteiger partial charge < -0.3 is 5.32 Å². The maximum atomic E-state index is 3.61. The Morgan fingerprint density at radius 2 is 2.07 bits per heavy atom. The number of hydrogen-bond acceptors (Lipinski definition) is 1. The average molecular weight is 317 g/mol. The van der Waals surface area contributed by atoms with Crippen molar-refractivity contribution in [2.45, 2.75) is 39.2 Å². The van der Waals surface area contributed by atoms with Gasteiger partial charge in [0.2, 0.25) is 0 Å². The molecule has 1 aromatic carbocycles. The van der Waals surface area contributed by atoms with Crippen molar-refractivity contribution >= 4 is 22.6 Å². The minimum atomic E-state index is 0.532. The van der Waals surface area contributed by atoms with E-state index in [0.29, 0.717) is 6.04 Å². The Morgan fingerprint density at radius 1 is 1.27 bits per heavy atom. The normalized spacial score (nSPS) is 12.7. The van der Waals surface area contributed by atoms with E-state index >= 15 is 0 Å². The van der Waals surface area contributed by atoms with Crippen LogP contribution in [0.15, 0.2) is 24.3 Å². The minimum absolute atomic E-state index is 0.532. The van der Waals surface area contributed by atoms with E-state index in [0.717, 1.165) is 6.54 Å². The molecule has 0 bridgehead atoms. The summed E-state index contributed by atoms with van der Waals surface area (Å²) in [6, 6.07) is 9.33. The van der Waals surface area contributed by atoms with E-state index in [1.54, 1.807) is 0 Å². The summed E-state index contributed by atoms with van der Waals surface area (Å²) < 4.78 is 1.32. The molecule has 0 saturated carbocycles. The Labute approximate surface area is 107 Å². The molecule has 0 aliphatic heterocycles. The molecule has 0 amide bonds. The van der Waals surface area contributed by atoms with E-state index in [2.05, 4.69) is 66.0 Å². The monoisotopic (exact) mass is 317 g/mol. The van der Waals surface area contributed by atoms with Crippen LogP contribution in [0.3, 0.4) is 0 Å². The maximum absolute atomic E-state index is 3.61. The molecular weight excluding hydrogens is 297 g/mol. The highest BCUT2D eigenvalue weighted by molar-refractivity contribution is 14.1. The highest BCUT2D eigenvalue weighted by atomic mass is 127. The fourth-order valence-corrected chi connectivity index (χ4v) is 2.28. The summed E-state index contributed by atoms with van der Waals surface area (Å²) in [6.45, 7) is 5.56. The van der Waals surface area contributed by atoms with Crippen LogP contribution in [0.2, 0.25) is 0 Å². The van der Waals surface area contributed by atoms with Gasteiger partial charge in [-0.05, 0) is 59.7 Å². The van der Waals surface area contributed by atoms with Crippen molar-refractivity contribution in [1.29, 1.82) is 0 Å². The first kappa shape index (κ1) is 13.0. The van der Waals surface area contributed by atoms with Gasteiger partial charge in [0.15, 0.2) is 0 Å². The Kier molecular flexibility index (Phi) is 6.25. The van der Waals surface area contributed by atoms with E-state index in [1.807, 2.05) is 0 Å². The van der Waals surface area contributed by atoms with Crippen LogP contribution in [-0.2, 0) is 0 Å². The molecule has 2 heteroatoms. The standard InChI is InChI=1S/C13H20IN/c1-3-6-13(15-9-4-2)11-7-5-8-12(14)10-11/h5,7-8,10,13,15H,3-4,6,9H2,1-2H3. The van der Waals surface area contributed by atoms with E-state index in [9.17, 15) is 0 Å². The number of benzene rings is 1. The molecular formula is C13H20IN. The molecule has 1 N–H and O–H groups in total. The molecule has 1 rings (SSSR count). The maximum Gasteiger partial charge on any atom is 0.0320 e.